The van der Waals surface area contributed by atoms with E-state index >= 15 is 0 Å². The number of amides is 1. The van der Waals surface area contributed by atoms with Crippen molar-refractivity contribution < 1.29 is 27.5 Å². The van der Waals surface area contributed by atoms with Gasteiger partial charge in [0.05, 0.1) is 21.8 Å². The highest BCUT2D eigenvalue weighted by Crippen LogP contribution is 2.34. The van der Waals surface area contributed by atoms with Gasteiger partial charge >= 0.3 is 12.1 Å². The Morgan fingerprint density at radius 3 is 2.61 bits per heavy atom. The van der Waals surface area contributed by atoms with Gasteiger partial charge < -0.3 is 15.0 Å². The van der Waals surface area contributed by atoms with Crippen LogP contribution in [0.5, 0.6) is 0 Å². The predicted octanol–water partition coefficient (Wildman–Crippen LogP) is 5.02. The van der Waals surface area contributed by atoms with E-state index in [2.05, 4.69) is 10.3 Å². The van der Waals surface area contributed by atoms with Crippen molar-refractivity contribution >= 4 is 40.1 Å². The van der Waals surface area contributed by atoms with Crippen molar-refractivity contribution in [3.05, 3.63) is 64.8 Å². The summed E-state index contributed by atoms with van der Waals surface area (Å²) in [4.78, 5) is 27.5. The first-order chi connectivity index (χ1) is 13.2. The van der Waals surface area contributed by atoms with Gasteiger partial charge in [0, 0.05) is 17.1 Å². The van der Waals surface area contributed by atoms with Gasteiger partial charge in [-0.3, -0.25) is 4.79 Å². The SMILES string of the molecule is C[C@H](OC(=O)c1c[nH]c2ccccc12)C(=O)Nc1cc(C(F)(F)F)ccc1Cl. The number of hydrogen-bond acceptors (Lipinski definition) is 3. The Balaban J connectivity index is 1.72. The fourth-order valence-corrected chi connectivity index (χ4v) is 2.71. The highest BCUT2D eigenvalue weighted by molar-refractivity contribution is 6.33. The number of ether oxygens (including phenoxy) is 1. The number of aromatic amines is 1. The minimum absolute atomic E-state index is 0.0727. The van der Waals surface area contributed by atoms with Crippen LogP contribution in [0.4, 0.5) is 18.9 Å². The molecule has 1 amide bonds. The minimum atomic E-state index is -4.59. The Labute approximate surface area is 162 Å². The van der Waals surface area contributed by atoms with Crippen molar-refractivity contribution in [3.63, 3.8) is 0 Å². The number of esters is 1. The van der Waals surface area contributed by atoms with Crippen LogP contribution in [0.25, 0.3) is 10.9 Å². The number of anilines is 1. The Hall–Kier alpha value is -3.00. The average molecular weight is 411 g/mol. The number of carbonyl (C=O) groups is 2. The van der Waals surface area contributed by atoms with Gasteiger partial charge in [-0.05, 0) is 31.2 Å². The molecule has 3 rings (SSSR count). The molecule has 3 aromatic rings. The zero-order valence-corrected chi connectivity index (χ0v) is 15.2. The number of fused-ring (bicyclic) bond motifs is 1. The first kappa shape index (κ1) is 19.8. The maximum Gasteiger partial charge on any atom is 0.416 e. The number of aromatic nitrogens is 1. The van der Waals surface area contributed by atoms with Gasteiger partial charge in [-0.15, -0.1) is 0 Å². The van der Waals surface area contributed by atoms with E-state index in [1.165, 1.54) is 13.1 Å². The Morgan fingerprint density at radius 2 is 1.89 bits per heavy atom. The van der Waals surface area contributed by atoms with Crippen LogP contribution < -0.4 is 5.32 Å². The molecular weight excluding hydrogens is 397 g/mol. The van der Waals surface area contributed by atoms with Crippen LogP contribution in [-0.2, 0) is 15.7 Å². The third-order valence-electron chi connectivity index (χ3n) is 4.01. The van der Waals surface area contributed by atoms with E-state index in [0.29, 0.717) is 11.5 Å². The van der Waals surface area contributed by atoms with E-state index in [-0.39, 0.29) is 16.3 Å². The lowest BCUT2D eigenvalue weighted by molar-refractivity contribution is -0.137. The molecule has 0 fully saturated rings. The molecule has 0 aliphatic heterocycles. The average Bonchev–Trinajstić information content (AvgIpc) is 3.06. The van der Waals surface area contributed by atoms with Crippen molar-refractivity contribution in [2.24, 2.45) is 0 Å². The molecular formula is C19H14ClF3N2O3. The van der Waals surface area contributed by atoms with Crippen LogP contribution >= 0.6 is 11.6 Å². The third kappa shape index (κ3) is 4.12. The highest BCUT2D eigenvalue weighted by Gasteiger charge is 2.31. The first-order valence-electron chi connectivity index (χ1n) is 8.11. The van der Waals surface area contributed by atoms with Crippen molar-refractivity contribution in [2.45, 2.75) is 19.2 Å². The molecule has 2 aromatic carbocycles. The summed E-state index contributed by atoms with van der Waals surface area (Å²) >= 11 is 5.85. The van der Waals surface area contributed by atoms with Crippen LogP contribution in [0.2, 0.25) is 5.02 Å². The summed E-state index contributed by atoms with van der Waals surface area (Å²) in [6, 6.07) is 9.59. The molecule has 1 aromatic heterocycles. The molecule has 0 bridgehead atoms. The zero-order valence-electron chi connectivity index (χ0n) is 14.4. The molecule has 5 nitrogen and oxygen atoms in total. The van der Waals surface area contributed by atoms with Crippen molar-refractivity contribution in [1.29, 1.82) is 0 Å². The molecule has 28 heavy (non-hydrogen) atoms. The second-order valence-electron chi connectivity index (χ2n) is 5.98. The van der Waals surface area contributed by atoms with Crippen LogP contribution in [0.3, 0.4) is 0 Å². The van der Waals surface area contributed by atoms with E-state index in [1.807, 2.05) is 0 Å². The first-order valence-corrected chi connectivity index (χ1v) is 8.49. The van der Waals surface area contributed by atoms with E-state index in [9.17, 15) is 22.8 Å². The van der Waals surface area contributed by atoms with Crippen LogP contribution in [0.1, 0.15) is 22.8 Å². The second kappa shape index (κ2) is 7.55. The summed E-state index contributed by atoms with van der Waals surface area (Å²) < 4.78 is 43.6. The quantitative estimate of drug-likeness (QED) is 0.593. The Bertz CT molecular complexity index is 1050. The lowest BCUT2D eigenvalue weighted by Crippen LogP contribution is -2.30. The third-order valence-corrected chi connectivity index (χ3v) is 4.34. The summed E-state index contributed by atoms with van der Waals surface area (Å²) in [6.07, 6.45) is -4.38. The summed E-state index contributed by atoms with van der Waals surface area (Å²) in [6.45, 7) is 1.31. The van der Waals surface area contributed by atoms with Crippen molar-refractivity contribution in [2.75, 3.05) is 5.32 Å². The van der Waals surface area contributed by atoms with E-state index in [0.717, 1.165) is 17.6 Å². The van der Waals surface area contributed by atoms with Gasteiger partial charge in [-0.1, -0.05) is 29.8 Å². The molecule has 146 valence electrons. The maximum absolute atomic E-state index is 12.8. The van der Waals surface area contributed by atoms with Gasteiger partial charge in [0.25, 0.3) is 5.91 Å². The number of hydrogen-bond donors (Lipinski definition) is 2. The molecule has 1 atom stereocenters. The number of para-hydroxylation sites is 1. The summed E-state index contributed by atoms with van der Waals surface area (Å²) in [5, 5.41) is 2.81. The molecule has 0 saturated carbocycles. The molecule has 2 N–H and O–H groups in total. The van der Waals surface area contributed by atoms with Gasteiger partial charge in [0.15, 0.2) is 6.10 Å². The van der Waals surface area contributed by atoms with E-state index in [4.69, 9.17) is 16.3 Å². The second-order valence-corrected chi connectivity index (χ2v) is 6.38. The van der Waals surface area contributed by atoms with Crippen molar-refractivity contribution in [3.8, 4) is 0 Å². The van der Waals surface area contributed by atoms with Crippen LogP contribution in [0, 0.1) is 0 Å². The number of benzene rings is 2. The number of nitrogens with one attached hydrogen (secondary N) is 2. The molecule has 9 heteroatoms. The Morgan fingerprint density at radius 1 is 1.18 bits per heavy atom. The molecule has 0 saturated heterocycles. The minimum Gasteiger partial charge on any atom is -0.449 e. The zero-order chi connectivity index (χ0) is 20.5. The van der Waals surface area contributed by atoms with Gasteiger partial charge in [0.2, 0.25) is 0 Å². The molecule has 0 spiro atoms. The van der Waals surface area contributed by atoms with Gasteiger partial charge in [-0.2, -0.15) is 13.2 Å². The molecule has 0 aliphatic carbocycles. The Kier molecular flexibility index (Phi) is 5.33. The standard InChI is InChI=1S/C19H14ClF3N2O3/c1-10(28-18(27)13-9-24-15-5-3-2-4-12(13)15)17(26)25-16-8-11(19(21,22)23)6-7-14(16)20/h2-10,24H,1H3,(H,25,26)/t10-/m0/s1. The lowest BCUT2D eigenvalue weighted by atomic mass is 10.2. The topological polar surface area (TPSA) is 71.2 Å². The van der Waals surface area contributed by atoms with Crippen LogP contribution in [-0.4, -0.2) is 23.0 Å². The number of halogens is 4. The fourth-order valence-electron chi connectivity index (χ4n) is 2.55. The highest BCUT2D eigenvalue weighted by atomic mass is 35.5. The number of carbonyl (C=O) groups excluding carboxylic acids is 2. The predicted molar refractivity (Wildman–Crippen MR) is 98.3 cm³/mol. The number of alkyl halides is 3. The molecule has 0 unspecified atom stereocenters. The summed E-state index contributed by atoms with van der Waals surface area (Å²) in [5.74, 6) is -1.55. The van der Waals surface area contributed by atoms with Gasteiger partial charge in [-0.25, -0.2) is 4.79 Å². The normalized spacial score (nSPS) is 12.6. The molecule has 1 heterocycles. The van der Waals surface area contributed by atoms with Gasteiger partial charge in [0.1, 0.15) is 0 Å². The maximum atomic E-state index is 12.8. The molecule has 0 radical (unpaired) electrons. The fraction of sp³-hybridized carbons (Fsp3) is 0.158. The van der Waals surface area contributed by atoms with Crippen LogP contribution in [0.15, 0.2) is 48.7 Å². The monoisotopic (exact) mass is 410 g/mol. The number of rotatable bonds is 4. The van der Waals surface area contributed by atoms with E-state index < -0.39 is 29.7 Å². The smallest absolute Gasteiger partial charge is 0.416 e. The van der Waals surface area contributed by atoms with Crippen molar-refractivity contribution in [1.82, 2.24) is 4.98 Å². The largest absolute Gasteiger partial charge is 0.449 e. The number of H-pyrrole nitrogens is 1. The lowest BCUT2D eigenvalue weighted by Gasteiger charge is -2.15. The molecule has 0 aliphatic rings. The summed E-state index contributed by atoms with van der Waals surface area (Å²) in [5.41, 5.74) is -0.221. The van der Waals surface area contributed by atoms with E-state index in [1.54, 1.807) is 24.3 Å². The summed E-state index contributed by atoms with van der Waals surface area (Å²) in [7, 11) is 0.